The number of carbonyl (C=O) groups is 2. The molecule has 188 valence electrons. The SMILES string of the molecule is Cc1ccc2c(c1)C1C[N+](C)(CC(=O)Nc3ccc(F)cc3)CCC1N2C(=O)c1ccc(F)cc1.[Cl-]. The lowest BCUT2D eigenvalue weighted by molar-refractivity contribution is -0.907. The number of hydrogen-bond donors (Lipinski definition) is 1. The molecular weight excluding hydrogens is 484 g/mol. The molecule has 2 amide bonds. The molecule has 0 aliphatic carbocycles. The van der Waals surface area contributed by atoms with Crippen LogP contribution in [0.15, 0.2) is 66.7 Å². The van der Waals surface area contributed by atoms with E-state index in [0.717, 1.165) is 29.8 Å². The van der Waals surface area contributed by atoms with Crippen LogP contribution >= 0.6 is 0 Å². The smallest absolute Gasteiger partial charge is 0.279 e. The van der Waals surface area contributed by atoms with Crippen LogP contribution in [0.3, 0.4) is 0 Å². The van der Waals surface area contributed by atoms with Gasteiger partial charge in [-0.05, 0) is 67.1 Å². The summed E-state index contributed by atoms with van der Waals surface area (Å²) in [5, 5.41) is 2.87. The molecule has 3 aromatic rings. The summed E-state index contributed by atoms with van der Waals surface area (Å²) >= 11 is 0. The first-order valence-corrected chi connectivity index (χ1v) is 11.8. The zero-order chi connectivity index (χ0) is 24.7. The van der Waals surface area contributed by atoms with Crippen LogP contribution in [0.1, 0.15) is 33.8 Å². The second kappa shape index (κ2) is 9.99. The van der Waals surface area contributed by atoms with E-state index >= 15 is 0 Å². The Hall–Kier alpha value is -3.29. The molecule has 2 aliphatic rings. The Morgan fingerprint density at radius 2 is 1.64 bits per heavy atom. The van der Waals surface area contributed by atoms with E-state index < -0.39 is 0 Å². The van der Waals surface area contributed by atoms with Crippen LogP contribution in [0.4, 0.5) is 20.2 Å². The van der Waals surface area contributed by atoms with Crippen molar-refractivity contribution in [2.24, 2.45) is 0 Å². The number of piperidine rings is 1. The third kappa shape index (κ3) is 4.99. The van der Waals surface area contributed by atoms with Crippen molar-refractivity contribution in [1.82, 2.24) is 0 Å². The third-order valence-corrected chi connectivity index (χ3v) is 7.20. The van der Waals surface area contributed by atoms with Gasteiger partial charge in [-0.2, -0.15) is 0 Å². The van der Waals surface area contributed by atoms with Gasteiger partial charge in [-0.15, -0.1) is 0 Å². The van der Waals surface area contributed by atoms with Gasteiger partial charge in [0.2, 0.25) is 0 Å². The Morgan fingerprint density at radius 1 is 1.00 bits per heavy atom. The Morgan fingerprint density at radius 3 is 2.31 bits per heavy atom. The molecule has 1 fully saturated rings. The lowest BCUT2D eigenvalue weighted by Crippen LogP contribution is -3.00. The molecule has 0 radical (unpaired) electrons. The van der Waals surface area contributed by atoms with Crippen LogP contribution in [0.5, 0.6) is 0 Å². The van der Waals surface area contributed by atoms with Gasteiger partial charge in [0.05, 0.1) is 32.1 Å². The van der Waals surface area contributed by atoms with E-state index in [2.05, 4.69) is 18.4 Å². The number of amides is 2. The summed E-state index contributed by atoms with van der Waals surface area (Å²) in [5.74, 6) is -0.890. The van der Waals surface area contributed by atoms with E-state index in [9.17, 15) is 18.4 Å². The standard InChI is InChI=1S/C28H27F2N3O2.ClH/c1-18-3-12-25-23(15-18)24-16-33(2,17-27(34)31-22-10-8-21(30)9-11-22)14-13-26(24)32(25)28(35)19-4-6-20(29)7-5-19;/h3-12,15,24,26H,13-14,16-17H2,1-2H3;1H. The van der Waals surface area contributed by atoms with E-state index in [0.29, 0.717) is 22.3 Å². The van der Waals surface area contributed by atoms with Crippen molar-refractivity contribution in [3.8, 4) is 0 Å². The van der Waals surface area contributed by atoms with Crippen molar-refractivity contribution in [3.05, 3.63) is 95.1 Å². The van der Waals surface area contributed by atoms with E-state index in [1.165, 1.54) is 36.4 Å². The molecule has 0 aromatic heterocycles. The van der Waals surface area contributed by atoms with Gasteiger partial charge in [-0.25, -0.2) is 8.78 Å². The van der Waals surface area contributed by atoms with E-state index in [1.54, 1.807) is 12.1 Å². The van der Waals surface area contributed by atoms with Gasteiger partial charge < -0.3 is 27.1 Å². The second-order valence-corrected chi connectivity index (χ2v) is 9.95. The molecule has 1 saturated heterocycles. The van der Waals surface area contributed by atoms with Crippen LogP contribution in [-0.2, 0) is 4.79 Å². The summed E-state index contributed by atoms with van der Waals surface area (Å²) in [6.07, 6.45) is 0.742. The van der Waals surface area contributed by atoms with Gasteiger partial charge >= 0.3 is 0 Å². The number of hydrogen-bond acceptors (Lipinski definition) is 2. The molecule has 0 spiro atoms. The first kappa shape index (κ1) is 25.8. The van der Waals surface area contributed by atoms with Crippen LogP contribution in [0, 0.1) is 18.6 Å². The molecule has 8 heteroatoms. The summed E-state index contributed by atoms with van der Waals surface area (Å²) in [6, 6.07) is 17.5. The van der Waals surface area contributed by atoms with Crippen molar-refractivity contribution >= 4 is 23.2 Å². The second-order valence-electron chi connectivity index (χ2n) is 9.95. The zero-order valence-corrected chi connectivity index (χ0v) is 20.9. The fourth-order valence-electron chi connectivity index (χ4n) is 5.53. The molecule has 1 N–H and O–H groups in total. The number of carbonyl (C=O) groups excluding carboxylic acids is 2. The number of rotatable bonds is 4. The molecular formula is C28H28ClF2N3O2. The highest BCUT2D eigenvalue weighted by Crippen LogP contribution is 2.47. The van der Waals surface area contributed by atoms with Crippen LogP contribution in [0.25, 0.3) is 0 Å². The Bertz CT molecular complexity index is 1280. The van der Waals surface area contributed by atoms with Crippen molar-refractivity contribution in [2.75, 3.05) is 36.9 Å². The molecule has 3 unspecified atom stereocenters. The van der Waals surface area contributed by atoms with Crippen LogP contribution in [-0.4, -0.2) is 49.0 Å². The molecule has 36 heavy (non-hydrogen) atoms. The highest BCUT2D eigenvalue weighted by atomic mass is 35.5. The summed E-state index contributed by atoms with van der Waals surface area (Å²) in [6.45, 7) is 3.77. The molecule has 3 atom stereocenters. The van der Waals surface area contributed by atoms with Crippen molar-refractivity contribution < 1.29 is 35.3 Å². The number of quaternary nitrogens is 1. The average Bonchev–Trinajstić information content (AvgIpc) is 3.12. The first-order valence-electron chi connectivity index (χ1n) is 11.8. The van der Waals surface area contributed by atoms with Gasteiger partial charge in [0, 0.05) is 23.4 Å². The molecule has 0 bridgehead atoms. The maximum absolute atomic E-state index is 13.5. The zero-order valence-electron chi connectivity index (χ0n) is 20.2. The normalized spacial score (nSPS) is 22.3. The molecule has 5 nitrogen and oxygen atoms in total. The van der Waals surface area contributed by atoms with Crippen molar-refractivity contribution in [2.45, 2.75) is 25.3 Å². The van der Waals surface area contributed by atoms with E-state index in [1.807, 2.05) is 24.0 Å². The summed E-state index contributed by atoms with van der Waals surface area (Å²) < 4.78 is 27.2. The van der Waals surface area contributed by atoms with Crippen LogP contribution < -0.4 is 22.6 Å². The predicted molar refractivity (Wildman–Crippen MR) is 131 cm³/mol. The lowest BCUT2D eigenvalue weighted by atomic mass is 9.87. The van der Waals surface area contributed by atoms with Crippen molar-refractivity contribution in [3.63, 3.8) is 0 Å². The number of halogens is 3. The molecule has 3 aromatic carbocycles. The number of likely N-dealkylation sites (tertiary alicyclic amines) is 1. The van der Waals surface area contributed by atoms with Crippen molar-refractivity contribution in [1.29, 1.82) is 0 Å². The van der Waals surface area contributed by atoms with E-state index in [4.69, 9.17) is 0 Å². The fraction of sp³-hybridized carbons (Fsp3) is 0.286. The number of nitrogens with one attached hydrogen (secondary N) is 1. The average molecular weight is 512 g/mol. The van der Waals surface area contributed by atoms with Gasteiger partial charge in [-0.1, -0.05) is 17.7 Å². The van der Waals surface area contributed by atoms with Gasteiger partial charge in [0.25, 0.3) is 11.8 Å². The minimum Gasteiger partial charge on any atom is -1.00 e. The number of nitrogens with zero attached hydrogens (tertiary/aromatic N) is 2. The topological polar surface area (TPSA) is 49.4 Å². The Labute approximate surface area is 215 Å². The van der Waals surface area contributed by atoms with Gasteiger partial charge in [0.1, 0.15) is 11.6 Å². The highest BCUT2D eigenvalue weighted by molar-refractivity contribution is 6.08. The Kier molecular flexibility index (Phi) is 7.16. The molecule has 2 aliphatic heterocycles. The molecule has 2 heterocycles. The predicted octanol–water partition coefficient (Wildman–Crippen LogP) is 1.88. The number of aryl methyl sites for hydroxylation is 1. The van der Waals surface area contributed by atoms with Gasteiger partial charge in [-0.3, -0.25) is 9.59 Å². The number of likely N-dealkylation sites (N-methyl/N-ethyl adjacent to an activating group) is 1. The number of benzene rings is 3. The summed E-state index contributed by atoms with van der Waals surface area (Å²) in [5.41, 5.74) is 4.15. The maximum Gasteiger partial charge on any atom is 0.279 e. The minimum atomic E-state index is -0.374. The van der Waals surface area contributed by atoms with Gasteiger partial charge in [0.15, 0.2) is 6.54 Å². The number of anilines is 2. The number of fused-ring (bicyclic) bond motifs is 3. The lowest BCUT2D eigenvalue weighted by Gasteiger charge is -2.43. The van der Waals surface area contributed by atoms with E-state index in [-0.39, 0.29) is 54.4 Å². The minimum absolute atomic E-state index is 0. The quantitative estimate of drug-likeness (QED) is 0.544. The largest absolute Gasteiger partial charge is 1.00 e. The summed E-state index contributed by atoms with van der Waals surface area (Å²) in [7, 11) is 2.07. The van der Waals surface area contributed by atoms with Crippen LogP contribution in [0.2, 0.25) is 0 Å². The molecule has 0 saturated carbocycles. The maximum atomic E-state index is 13.5. The fourth-order valence-corrected chi connectivity index (χ4v) is 5.53. The highest BCUT2D eigenvalue weighted by Gasteiger charge is 2.49. The first-order chi connectivity index (χ1) is 16.7. The Balaban J connectivity index is 0.00000304. The third-order valence-electron chi connectivity index (χ3n) is 7.20. The monoisotopic (exact) mass is 511 g/mol. The molecule has 5 rings (SSSR count). The summed E-state index contributed by atoms with van der Waals surface area (Å²) in [4.78, 5) is 28.2.